The van der Waals surface area contributed by atoms with Gasteiger partial charge in [-0.1, -0.05) is 0 Å². The molecule has 15 nitrogen and oxygen atoms in total. The molecule has 0 aliphatic heterocycles. The Morgan fingerprint density at radius 2 is 1.37 bits per heavy atom. The summed E-state index contributed by atoms with van der Waals surface area (Å²) in [5.41, 5.74) is 7.49. The van der Waals surface area contributed by atoms with Crippen LogP contribution in [0.2, 0.25) is 0 Å². The Morgan fingerprint density at radius 3 is 1.68 bits per heavy atom. The lowest BCUT2D eigenvalue weighted by Gasteiger charge is -2.29. The van der Waals surface area contributed by atoms with Crippen molar-refractivity contribution in [1.29, 1.82) is 0 Å². The summed E-state index contributed by atoms with van der Waals surface area (Å²) in [6.07, 6.45) is 0. The topological polar surface area (TPSA) is 252 Å². The average Bonchev–Trinajstić information content (AvgIpc) is 2.42. The van der Waals surface area contributed by atoms with Crippen molar-refractivity contribution in [3.8, 4) is 0 Å². The third kappa shape index (κ3) is 6.13. The van der Waals surface area contributed by atoms with Crippen molar-refractivity contribution in [3.63, 3.8) is 0 Å². The Labute approximate surface area is 113 Å². The number of hydrogen-bond acceptors (Lipinski definition) is 8. The van der Waals surface area contributed by atoms with E-state index in [4.69, 9.17) is 29.1 Å². The molecule has 0 rings (SSSR count). The lowest BCUT2D eigenvalue weighted by Crippen LogP contribution is -2.61. The zero-order valence-corrected chi connectivity index (χ0v) is 12.1. The maximum Gasteiger partial charge on any atom is 0.323 e. The molecule has 19 heavy (non-hydrogen) atoms. The van der Waals surface area contributed by atoms with Gasteiger partial charge in [0.2, 0.25) is 0 Å². The summed E-state index contributed by atoms with van der Waals surface area (Å²) in [6, 6.07) is 0. The molecule has 0 spiro atoms. The Morgan fingerprint density at radius 1 is 0.947 bits per heavy atom. The van der Waals surface area contributed by atoms with Crippen LogP contribution in [0.15, 0.2) is 0 Å². The van der Waals surface area contributed by atoms with Crippen LogP contribution >= 0.6 is 27.4 Å². The summed E-state index contributed by atoms with van der Waals surface area (Å²) >= 11 is 4.63. The molecule has 0 unspecified atom stereocenters. The van der Waals surface area contributed by atoms with Crippen molar-refractivity contribution in [2.45, 2.75) is 0 Å². The quantitative estimate of drug-likeness (QED) is 0.0814. The van der Waals surface area contributed by atoms with Crippen molar-refractivity contribution in [1.82, 2.24) is 41.8 Å². The van der Waals surface area contributed by atoms with Gasteiger partial charge in [-0.2, -0.15) is 31.1 Å². The standard InChI is InChI=1S/CH17N13O2P2S/c2-1(19)14(13-18(16,9-5)10-6)11-12-17(15,7-3)8-4/h11H,3-6H2,(H2,2,19)(H3,7,8,12,15)(H3,9,10,13,16). The van der Waals surface area contributed by atoms with Gasteiger partial charge < -0.3 is 5.73 Å². The highest BCUT2D eigenvalue weighted by Crippen LogP contribution is 2.27. The Kier molecular flexibility index (Phi) is 7.98. The molecule has 0 fully saturated rings. The third-order valence-electron chi connectivity index (χ3n) is 1.51. The smallest absolute Gasteiger partial charge is 0.323 e. The van der Waals surface area contributed by atoms with Gasteiger partial charge in [0, 0.05) is 0 Å². The van der Waals surface area contributed by atoms with E-state index in [-0.39, 0.29) is 5.11 Å². The zero-order chi connectivity index (χ0) is 15.1. The molecule has 18 heteroatoms. The van der Waals surface area contributed by atoms with Crippen LogP contribution in [0.4, 0.5) is 0 Å². The second kappa shape index (κ2) is 8.10. The highest BCUT2D eigenvalue weighted by atomic mass is 32.1. The molecule has 0 heterocycles. The van der Waals surface area contributed by atoms with Gasteiger partial charge in [0.05, 0.1) is 0 Å². The number of hydrogen-bond donors (Lipinski definition) is 12. The van der Waals surface area contributed by atoms with Gasteiger partial charge in [-0.25, -0.2) is 0 Å². The minimum Gasteiger partial charge on any atom is -0.374 e. The maximum absolute atomic E-state index is 11.8. The van der Waals surface area contributed by atoms with Crippen LogP contribution in [-0.4, -0.2) is 10.2 Å². The maximum atomic E-state index is 11.8. The van der Waals surface area contributed by atoms with Gasteiger partial charge in [-0.3, -0.25) is 32.5 Å². The molecule has 0 bridgehead atoms. The molecule has 0 atom stereocenters. The largest absolute Gasteiger partial charge is 0.374 e. The van der Waals surface area contributed by atoms with Crippen LogP contribution in [0.25, 0.3) is 0 Å². The molecule has 0 radical (unpaired) electrons. The van der Waals surface area contributed by atoms with E-state index in [0.29, 0.717) is 5.12 Å². The molecule has 0 aliphatic carbocycles. The van der Waals surface area contributed by atoms with Crippen LogP contribution in [0, 0.1) is 0 Å². The van der Waals surface area contributed by atoms with E-state index in [1.54, 1.807) is 0 Å². The van der Waals surface area contributed by atoms with E-state index >= 15 is 0 Å². The molecule has 17 N–H and O–H groups in total. The summed E-state index contributed by atoms with van der Waals surface area (Å²) in [5, 5.41) is 12.1. The highest BCUT2D eigenvalue weighted by molar-refractivity contribution is 7.80. The first-order chi connectivity index (χ1) is 8.75. The van der Waals surface area contributed by atoms with Crippen molar-refractivity contribution in [2.24, 2.45) is 29.1 Å². The predicted molar refractivity (Wildman–Crippen MR) is 72.5 cm³/mol. The number of thiocarbonyl (C=S) groups is 1. The molecule has 0 aliphatic rings. The van der Waals surface area contributed by atoms with Crippen molar-refractivity contribution in [3.05, 3.63) is 0 Å². The van der Waals surface area contributed by atoms with E-state index in [1.807, 2.05) is 20.8 Å². The summed E-state index contributed by atoms with van der Waals surface area (Å²) in [4.78, 5) is 0. The fourth-order valence-corrected chi connectivity index (χ4v) is 1.82. The molecular weight excluding hydrogens is 320 g/mol. The summed E-state index contributed by atoms with van der Waals surface area (Å²) in [5.74, 6) is 20.0. The number of nitrogens with zero attached hydrogens (tertiary/aromatic N) is 1. The molecule has 0 aromatic heterocycles. The Balaban J connectivity index is 4.74. The lowest BCUT2D eigenvalue weighted by atomic mass is 11.2. The molecule has 0 saturated heterocycles. The zero-order valence-electron chi connectivity index (χ0n) is 9.45. The van der Waals surface area contributed by atoms with E-state index < -0.39 is 15.2 Å². The lowest BCUT2D eigenvalue weighted by molar-refractivity contribution is 0.252. The minimum absolute atomic E-state index is 0.348. The summed E-state index contributed by atoms with van der Waals surface area (Å²) in [7, 11) is -7.17. The molecule has 114 valence electrons. The molecule has 0 aromatic carbocycles. The Bertz CT molecular complexity index is 369. The second-order valence-corrected chi connectivity index (χ2v) is 7.04. The SMILES string of the molecule is NNP(=O)(NN)NNN(NP(=O)(NN)NN)C(N)=S. The van der Waals surface area contributed by atoms with Crippen molar-refractivity contribution < 1.29 is 9.13 Å². The number of nitrogens with one attached hydrogen (secondary N) is 7. The molecule has 0 aromatic rings. The second-order valence-electron chi connectivity index (χ2n) is 2.73. The van der Waals surface area contributed by atoms with Crippen molar-refractivity contribution >= 4 is 32.5 Å². The van der Waals surface area contributed by atoms with Gasteiger partial charge in [-0.05, 0) is 12.2 Å². The summed E-state index contributed by atoms with van der Waals surface area (Å²) < 4.78 is 23.4. The predicted octanol–water partition coefficient (Wildman–Crippen LogP) is -4.88. The number of nitrogens with two attached hydrogens (primary N) is 5. The monoisotopic (exact) mass is 337 g/mol. The number of hydrazine groups is 7. The Hall–Kier alpha value is -0.290. The van der Waals surface area contributed by atoms with Crippen LogP contribution in [0.3, 0.4) is 0 Å². The van der Waals surface area contributed by atoms with Crippen molar-refractivity contribution in [2.75, 3.05) is 0 Å². The first kappa shape index (κ1) is 18.7. The average molecular weight is 337 g/mol. The third-order valence-corrected chi connectivity index (χ3v) is 4.04. The van der Waals surface area contributed by atoms with E-state index in [9.17, 15) is 9.13 Å². The minimum atomic E-state index is -3.62. The van der Waals surface area contributed by atoms with Gasteiger partial charge in [0.25, 0.3) is 0 Å². The van der Waals surface area contributed by atoms with Crippen LogP contribution in [-0.2, 0) is 9.13 Å². The van der Waals surface area contributed by atoms with Gasteiger partial charge >= 0.3 is 15.2 Å². The van der Waals surface area contributed by atoms with Crippen LogP contribution in [0.5, 0.6) is 0 Å². The first-order valence-corrected chi connectivity index (χ1v) is 8.10. The van der Waals surface area contributed by atoms with Gasteiger partial charge in [-0.15, -0.1) is 10.7 Å². The van der Waals surface area contributed by atoms with Crippen LogP contribution < -0.4 is 65.8 Å². The molecular formula is CH17N13O2P2S. The van der Waals surface area contributed by atoms with E-state index in [1.165, 1.54) is 0 Å². The van der Waals surface area contributed by atoms with E-state index in [2.05, 4.69) is 28.1 Å². The summed E-state index contributed by atoms with van der Waals surface area (Å²) in [6.45, 7) is 0. The number of rotatable bonds is 9. The van der Waals surface area contributed by atoms with Gasteiger partial charge in [0.15, 0.2) is 5.11 Å². The molecule has 0 amide bonds. The van der Waals surface area contributed by atoms with E-state index in [0.717, 1.165) is 0 Å². The fraction of sp³-hybridized carbons (Fsp3) is 0. The highest BCUT2D eigenvalue weighted by Gasteiger charge is 2.25. The molecule has 0 saturated carbocycles. The first-order valence-electron chi connectivity index (χ1n) is 4.28. The normalized spacial score (nSPS) is 12.4. The van der Waals surface area contributed by atoms with Gasteiger partial charge in [0.1, 0.15) is 0 Å². The fourth-order valence-electron chi connectivity index (χ4n) is 0.587. The van der Waals surface area contributed by atoms with Crippen LogP contribution in [0.1, 0.15) is 0 Å².